The monoisotopic (exact) mass is 442 g/mol. The molecule has 6 rings (SSSR count). The van der Waals surface area contributed by atoms with Crippen molar-refractivity contribution >= 4 is 16.9 Å². The van der Waals surface area contributed by atoms with Crippen LogP contribution in [0.5, 0.6) is 0 Å². The molecular weight excluding hydrogens is 416 g/mol. The van der Waals surface area contributed by atoms with Crippen LogP contribution in [0.4, 0.5) is 5.82 Å². The van der Waals surface area contributed by atoms with E-state index in [1.54, 1.807) is 4.68 Å². The Morgan fingerprint density at radius 3 is 2.64 bits per heavy atom. The zero-order valence-corrected chi connectivity index (χ0v) is 18.4. The van der Waals surface area contributed by atoms with E-state index in [1.165, 1.54) is 6.42 Å². The molecule has 0 spiro atoms. The van der Waals surface area contributed by atoms with Gasteiger partial charge in [0, 0.05) is 43.2 Å². The fourth-order valence-electron chi connectivity index (χ4n) is 4.48. The van der Waals surface area contributed by atoms with Crippen LogP contribution in [0.25, 0.3) is 28.2 Å². The summed E-state index contributed by atoms with van der Waals surface area (Å²) in [6.07, 6.45) is 7.22. The van der Waals surface area contributed by atoms with E-state index < -0.39 is 0 Å². The summed E-state index contributed by atoms with van der Waals surface area (Å²) in [6, 6.07) is 14.2. The van der Waals surface area contributed by atoms with Crippen molar-refractivity contribution in [3.63, 3.8) is 0 Å². The SMILES string of the molecule is c1ccc(-c2ccn(-c3nc(N4CCOCC4)c4ncc(C5CCCCO5)cc4n3)n2)cc1. The average Bonchev–Trinajstić information content (AvgIpc) is 3.40. The summed E-state index contributed by atoms with van der Waals surface area (Å²) in [7, 11) is 0. The van der Waals surface area contributed by atoms with E-state index >= 15 is 0 Å². The Labute approximate surface area is 192 Å². The highest BCUT2D eigenvalue weighted by Crippen LogP contribution is 2.31. The number of hydrogen-bond donors (Lipinski definition) is 0. The largest absolute Gasteiger partial charge is 0.378 e. The van der Waals surface area contributed by atoms with Crippen molar-refractivity contribution in [3.05, 3.63) is 60.4 Å². The number of benzene rings is 1. The molecule has 1 aromatic carbocycles. The molecule has 4 aromatic rings. The lowest BCUT2D eigenvalue weighted by Crippen LogP contribution is -2.37. The minimum absolute atomic E-state index is 0.0790. The molecule has 33 heavy (non-hydrogen) atoms. The molecular formula is C25H26N6O2. The van der Waals surface area contributed by atoms with Gasteiger partial charge in [0.15, 0.2) is 5.82 Å². The van der Waals surface area contributed by atoms with Crippen LogP contribution >= 0.6 is 0 Å². The Kier molecular flexibility index (Phi) is 5.45. The lowest BCUT2D eigenvalue weighted by Gasteiger charge is -2.28. The van der Waals surface area contributed by atoms with Crippen LogP contribution in [0.1, 0.15) is 30.9 Å². The maximum absolute atomic E-state index is 6.00. The van der Waals surface area contributed by atoms with Crippen LogP contribution in [0.15, 0.2) is 54.9 Å². The molecule has 8 nitrogen and oxygen atoms in total. The normalized spacial score (nSPS) is 19.2. The van der Waals surface area contributed by atoms with Gasteiger partial charge in [-0.1, -0.05) is 30.3 Å². The molecule has 3 aromatic heterocycles. The van der Waals surface area contributed by atoms with Crippen molar-refractivity contribution in [2.75, 3.05) is 37.8 Å². The van der Waals surface area contributed by atoms with Gasteiger partial charge in [0.05, 0.1) is 30.5 Å². The summed E-state index contributed by atoms with van der Waals surface area (Å²) in [4.78, 5) is 16.8. The average molecular weight is 443 g/mol. The van der Waals surface area contributed by atoms with E-state index in [2.05, 4.69) is 11.0 Å². The zero-order chi connectivity index (χ0) is 22.0. The predicted molar refractivity (Wildman–Crippen MR) is 125 cm³/mol. The van der Waals surface area contributed by atoms with Gasteiger partial charge in [-0.05, 0) is 31.4 Å². The van der Waals surface area contributed by atoms with Gasteiger partial charge < -0.3 is 14.4 Å². The van der Waals surface area contributed by atoms with Crippen molar-refractivity contribution < 1.29 is 9.47 Å². The van der Waals surface area contributed by atoms with Crippen molar-refractivity contribution in [1.29, 1.82) is 0 Å². The Morgan fingerprint density at radius 2 is 1.82 bits per heavy atom. The molecule has 168 valence electrons. The molecule has 0 bridgehead atoms. The van der Waals surface area contributed by atoms with Crippen molar-refractivity contribution in [2.45, 2.75) is 25.4 Å². The number of rotatable bonds is 4. The first-order valence-electron chi connectivity index (χ1n) is 11.6. The van der Waals surface area contributed by atoms with Gasteiger partial charge in [-0.25, -0.2) is 9.67 Å². The molecule has 0 aliphatic carbocycles. The number of aromatic nitrogens is 5. The highest BCUT2D eigenvalue weighted by molar-refractivity contribution is 5.86. The van der Waals surface area contributed by atoms with Gasteiger partial charge in [-0.15, -0.1) is 0 Å². The maximum atomic E-state index is 6.00. The smallest absolute Gasteiger partial charge is 0.253 e. The van der Waals surface area contributed by atoms with Crippen LogP contribution in [0, 0.1) is 0 Å². The number of ether oxygens (including phenoxy) is 2. The number of nitrogens with zero attached hydrogens (tertiary/aromatic N) is 6. The third kappa shape index (κ3) is 4.07. The molecule has 0 N–H and O–H groups in total. The predicted octanol–water partition coefficient (Wildman–Crippen LogP) is 3.96. The lowest BCUT2D eigenvalue weighted by molar-refractivity contribution is 0.0148. The number of pyridine rings is 1. The van der Waals surface area contributed by atoms with Gasteiger partial charge in [-0.2, -0.15) is 10.1 Å². The minimum Gasteiger partial charge on any atom is -0.378 e. The van der Waals surface area contributed by atoms with Crippen molar-refractivity contribution in [2.24, 2.45) is 0 Å². The number of hydrogen-bond acceptors (Lipinski definition) is 7. The second-order valence-electron chi connectivity index (χ2n) is 8.45. The standard InChI is InChI=1S/C25H26N6O2/c1-2-6-18(7-3-1)20-9-10-31(29-20)25-27-21-16-19(22-8-4-5-13-33-22)17-26-23(21)24(28-25)30-11-14-32-15-12-30/h1-3,6-7,9-10,16-17,22H,4-5,8,11-15H2. The fraction of sp³-hybridized carbons (Fsp3) is 0.360. The molecule has 1 atom stereocenters. The molecule has 1 unspecified atom stereocenters. The quantitative estimate of drug-likeness (QED) is 0.473. The first-order chi connectivity index (χ1) is 16.3. The van der Waals surface area contributed by atoms with Crippen molar-refractivity contribution in [1.82, 2.24) is 24.7 Å². The Hall–Kier alpha value is -3.36. The van der Waals surface area contributed by atoms with E-state index in [-0.39, 0.29) is 6.10 Å². The van der Waals surface area contributed by atoms with E-state index in [0.29, 0.717) is 19.2 Å². The molecule has 5 heterocycles. The topological polar surface area (TPSA) is 78.2 Å². The van der Waals surface area contributed by atoms with Crippen LogP contribution in [-0.2, 0) is 9.47 Å². The second-order valence-corrected chi connectivity index (χ2v) is 8.45. The molecule has 2 saturated heterocycles. The van der Waals surface area contributed by atoms with Gasteiger partial charge >= 0.3 is 0 Å². The van der Waals surface area contributed by atoms with Gasteiger partial charge in [-0.3, -0.25) is 4.98 Å². The summed E-state index contributed by atoms with van der Waals surface area (Å²) in [6.45, 7) is 3.69. The molecule has 2 fully saturated rings. The van der Waals surface area contributed by atoms with Crippen molar-refractivity contribution in [3.8, 4) is 17.2 Å². The Bertz CT molecular complexity index is 1250. The minimum atomic E-state index is 0.0790. The molecule has 0 saturated carbocycles. The van der Waals surface area contributed by atoms with Gasteiger partial charge in [0.25, 0.3) is 5.95 Å². The lowest BCUT2D eigenvalue weighted by atomic mass is 10.0. The maximum Gasteiger partial charge on any atom is 0.253 e. The number of anilines is 1. The van der Waals surface area contributed by atoms with Gasteiger partial charge in [0.1, 0.15) is 5.52 Å². The molecule has 2 aliphatic rings. The van der Waals surface area contributed by atoms with Crippen LogP contribution in [-0.4, -0.2) is 57.6 Å². The summed E-state index contributed by atoms with van der Waals surface area (Å²) in [5.41, 5.74) is 4.63. The van der Waals surface area contributed by atoms with Crippen LogP contribution in [0.3, 0.4) is 0 Å². The highest BCUT2D eigenvalue weighted by atomic mass is 16.5. The molecule has 2 aliphatic heterocycles. The summed E-state index contributed by atoms with van der Waals surface area (Å²) >= 11 is 0. The van der Waals surface area contributed by atoms with Gasteiger partial charge in [0.2, 0.25) is 0 Å². The first kappa shape index (κ1) is 20.3. The summed E-state index contributed by atoms with van der Waals surface area (Å²) < 4.78 is 13.3. The fourth-order valence-corrected chi connectivity index (χ4v) is 4.48. The third-order valence-electron chi connectivity index (χ3n) is 6.25. The first-order valence-corrected chi connectivity index (χ1v) is 11.6. The molecule has 0 radical (unpaired) electrons. The zero-order valence-electron chi connectivity index (χ0n) is 18.4. The number of fused-ring (bicyclic) bond motifs is 1. The van der Waals surface area contributed by atoms with Crippen LogP contribution in [0.2, 0.25) is 0 Å². The third-order valence-corrected chi connectivity index (χ3v) is 6.25. The summed E-state index contributed by atoms with van der Waals surface area (Å²) in [5, 5.41) is 4.76. The molecule has 8 heteroatoms. The highest BCUT2D eigenvalue weighted by Gasteiger charge is 2.22. The Morgan fingerprint density at radius 1 is 0.939 bits per heavy atom. The Balaban J connectivity index is 1.44. The van der Waals surface area contributed by atoms with E-state index in [4.69, 9.17) is 29.5 Å². The van der Waals surface area contributed by atoms with E-state index in [0.717, 1.165) is 66.2 Å². The van der Waals surface area contributed by atoms with E-state index in [1.807, 2.05) is 48.8 Å². The number of morpholine rings is 1. The van der Waals surface area contributed by atoms with E-state index in [9.17, 15) is 0 Å². The summed E-state index contributed by atoms with van der Waals surface area (Å²) in [5.74, 6) is 1.36. The second kappa shape index (κ2) is 8.88. The molecule has 0 amide bonds. The van der Waals surface area contributed by atoms with Crippen LogP contribution < -0.4 is 4.90 Å².